The van der Waals surface area contributed by atoms with Crippen LogP contribution in [0.25, 0.3) is 20.5 Å². The first-order valence-electron chi connectivity index (χ1n) is 12.8. The van der Waals surface area contributed by atoms with Crippen LogP contribution in [0.5, 0.6) is 5.75 Å². The molecule has 198 valence electrons. The van der Waals surface area contributed by atoms with Crippen molar-refractivity contribution in [3.8, 4) is 16.2 Å². The monoisotopic (exact) mass is 530 g/mol. The summed E-state index contributed by atoms with van der Waals surface area (Å²) in [7, 11) is 0. The number of rotatable bonds is 9. The minimum Gasteiger partial charge on any atom is -0.490 e. The lowest BCUT2D eigenvalue weighted by molar-refractivity contribution is -0.146. The number of halogens is 3. The summed E-state index contributed by atoms with van der Waals surface area (Å²) in [5.41, 5.74) is 0.719. The number of carbonyl (C=O) groups excluding carboxylic acids is 1. The fourth-order valence-corrected chi connectivity index (χ4v) is 5.96. The molecule has 7 heteroatoms. The number of carbonyl (C=O) groups is 1. The molecular formula is C30H33F3O3S. The van der Waals surface area contributed by atoms with Crippen molar-refractivity contribution >= 4 is 27.4 Å². The van der Waals surface area contributed by atoms with Gasteiger partial charge in [-0.25, -0.2) is 4.79 Å². The van der Waals surface area contributed by atoms with Crippen molar-refractivity contribution in [3.63, 3.8) is 0 Å². The van der Waals surface area contributed by atoms with Crippen LogP contribution in [0, 0.1) is 5.92 Å². The summed E-state index contributed by atoms with van der Waals surface area (Å²) in [5.74, 6) is 0.285. The third-order valence-electron chi connectivity index (χ3n) is 7.02. The van der Waals surface area contributed by atoms with Gasteiger partial charge in [0.15, 0.2) is 0 Å². The zero-order chi connectivity index (χ0) is 26.7. The largest absolute Gasteiger partial charge is 0.490 e. The summed E-state index contributed by atoms with van der Waals surface area (Å²) in [4.78, 5) is 12.5. The van der Waals surface area contributed by atoms with E-state index in [0.29, 0.717) is 29.0 Å². The zero-order valence-corrected chi connectivity index (χ0v) is 22.3. The van der Waals surface area contributed by atoms with Gasteiger partial charge in [-0.05, 0) is 73.9 Å². The van der Waals surface area contributed by atoms with Gasteiger partial charge in [-0.15, -0.1) is 11.3 Å². The molecule has 0 saturated heterocycles. The third-order valence-corrected chi connectivity index (χ3v) is 8.15. The van der Waals surface area contributed by atoms with E-state index >= 15 is 0 Å². The number of hydrogen-bond acceptors (Lipinski definition) is 4. The van der Waals surface area contributed by atoms with E-state index in [1.54, 1.807) is 13.0 Å². The lowest BCUT2D eigenvalue weighted by atomic mass is 9.98. The van der Waals surface area contributed by atoms with Crippen molar-refractivity contribution in [2.75, 3.05) is 0 Å². The zero-order valence-electron chi connectivity index (χ0n) is 21.5. The second-order valence-electron chi connectivity index (χ2n) is 9.96. The van der Waals surface area contributed by atoms with Gasteiger partial charge in [0.05, 0.1) is 5.56 Å². The van der Waals surface area contributed by atoms with Crippen LogP contribution in [0.1, 0.15) is 64.0 Å². The van der Waals surface area contributed by atoms with E-state index in [0.717, 1.165) is 41.3 Å². The highest BCUT2D eigenvalue weighted by Crippen LogP contribution is 2.43. The van der Waals surface area contributed by atoms with Crippen LogP contribution < -0.4 is 4.74 Å². The lowest BCUT2D eigenvalue weighted by Gasteiger charge is -2.22. The molecule has 0 bridgehead atoms. The van der Waals surface area contributed by atoms with Crippen molar-refractivity contribution < 1.29 is 27.4 Å². The van der Waals surface area contributed by atoms with Crippen LogP contribution in [-0.2, 0) is 22.1 Å². The molecule has 1 heterocycles. The topological polar surface area (TPSA) is 35.5 Å². The molecule has 0 spiro atoms. The van der Waals surface area contributed by atoms with Gasteiger partial charge in [0.25, 0.3) is 0 Å². The SMILES string of the molecule is C=C(C)C(=O)OC1CCC(Oc2ccc3cc(-c4ccc(CCCCC)cc4C(F)(F)F)sc3c2)C1C. The van der Waals surface area contributed by atoms with Crippen LogP contribution in [0.15, 0.2) is 54.6 Å². The quantitative estimate of drug-likeness (QED) is 0.157. The van der Waals surface area contributed by atoms with E-state index in [1.165, 1.54) is 17.4 Å². The molecule has 3 atom stereocenters. The van der Waals surface area contributed by atoms with Crippen LogP contribution >= 0.6 is 11.3 Å². The van der Waals surface area contributed by atoms with Crippen LogP contribution in [0.2, 0.25) is 0 Å². The predicted molar refractivity (Wildman–Crippen MR) is 143 cm³/mol. The van der Waals surface area contributed by atoms with Gasteiger partial charge in [0, 0.05) is 26.6 Å². The number of aryl methyl sites for hydroxylation is 1. The van der Waals surface area contributed by atoms with Crippen molar-refractivity contribution in [1.82, 2.24) is 0 Å². The van der Waals surface area contributed by atoms with E-state index in [1.807, 2.05) is 37.3 Å². The average molecular weight is 531 g/mol. The molecule has 0 radical (unpaired) electrons. The Labute approximate surface area is 220 Å². The maximum atomic E-state index is 14.0. The maximum Gasteiger partial charge on any atom is 0.417 e. The maximum absolute atomic E-state index is 14.0. The average Bonchev–Trinajstić information content (AvgIpc) is 3.42. The first-order chi connectivity index (χ1) is 17.6. The minimum atomic E-state index is -4.43. The fourth-order valence-electron chi connectivity index (χ4n) is 4.83. The summed E-state index contributed by atoms with van der Waals surface area (Å²) in [6.45, 7) is 9.34. The van der Waals surface area contributed by atoms with E-state index < -0.39 is 17.7 Å². The van der Waals surface area contributed by atoms with Gasteiger partial charge in [0.2, 0.25) is 0 Å². The van der Waals surface area contributed by atoms with E-state index in [9.17, 15) is 18.0 Å². The fraction of sp³-hybridized carbons (Fsp3) is 0.433. The molecule has 37 heavy (non-hydrogen) atoms. The van der Waals surface area contributed by atoms with Gasteiger partial charge in [0.1, 0.15) is 18.0 Å². The Kier molecular flexibility index (Phi) is 8.32. The molecule has 4 rings (SSSR count). The smallest absolute Gasteiger partial charge is 0.417 e. The Bertz CT molecular complexity index is 1280. The molecule has 2 aromatic carbocycles. The van der Waals surface area contributed by atoms with Crippen LogP contribution in [0.3, 0.4) is 0 Å². The number of benzene rings is 2. The molecule has 0 N–H and O–H groups in total. The lowest BCUT2D eigenvalue weighted by Crippen LogP contribution is -2.28. The Balaban J connectivity index is 1.54. The molecule has 1 fully saturated rings. The molecule has 3 unspecified atom stereocenters. The minimum absolute atomic E-state index is 0.0167. The number of alkyl halides is 3. The van der Waals surface area contributed by atoms with Crippen molar-refractivity contribution in [1.29, 1.82) is 0 Å². The molecule has 1 saturated carbocycles. The summed E-state index contributed by atoms with van der Waals surface area (Å²) in [5, 5.41) is 0.875. The molecule has 3 nitrogen and oxygen atoms in total. The number of ether oxygens (including phenoxy) is 2. The first-order valence-corrected chi connectivity index (χ1v) is 13.7. The summed E-state index contributed by atoms with van der Waals surface area (Å²) in [6, 6.07) is 12.2. The summed E-state index contributed by atoms with van der Waals surface area (Å²) >= 11 is 1.33. The van der Waals surface area contributed by atoms with Crippen molar-refractivity contribution in [3.05, 3.63) is 65.7 Å². The highest BCUT2D eigenvalue weighted by Gasteiger charge is 2.37. The Morgan fingerprint density at radius 2 is 1.84 bits per heavy atom. The van der Waals surface area contributed by atoms with E-state index in [-0.39, 0.29) is 23.7 Å². The van der Waals surface area contributed by atoms with Gasteiger partial charge in [-0.2, -0.15) is 13.2 Å². The number of hydrogen-bond donors (Lipinski definition) is 0. The second-order valence-corrected chi connectivity index (χ2v) is 11.0. The highest BCUT2D eigenvalue weighted by molar-refractivity contribution is 7.22. The van der Waals surface area contributed by atoms with Gasteiger partial charge < -0.3 is 9.47 Å². The molecule has 1 aliphatic rings. The van der Waals surface area contributed by atoms with E-state index in [2.05, 4.69) is 13.5 Å². The molecule has 3 aromatic rings. The molecule has 0 amide bonds. The summed E-state index contributed by atoms with van der Waals surface area (Å²) < 4.78 is 54.6. The standard InChI is InChI=1S/C30H33F3O3S/c1-5-6-7-8-20-9-12-23(24(15-20)30(31,32)33)28-16-21-10-11-22(17-27(21)37-28)35-25-13-14-26(19(25)4)36-29(34)18(2)3/h9-12,15-17,19,25-26H,2,5-8,13-14H2,1,3-4H3. The Hall–Kier alpha value is -2.80. The molecule has 1 aliphatic carbocycles. The number of esters is 1. The predicted octanol–water partition coefficient (Wildman–Crippen LogP) is 8.98. The van der Waals surface area contributed by atoms with E-state index in [4.69, 9.17) is 9.47 Å². The number of unbranched alkanes of at least 4 members (excludes halogenated alkanes) is 2. The number of thiophene rings is 1. The van der Waals surface area contributed by atoms with Crippen LogP contribution in [0.4, 0.5) is 13.2 Å². The Morgan fingerprint density at radius 3 is 2.54 bits per heavy atom. The number of fused-ring (bicyclic) bond motifs is 1. The van der Waals surface area contributed by atoms with Gasteiger partial charge in [-0.3, -0.25) is 0 Å². The van der Waals surface area contributed by atoms with Crippen molar-refractivity contribution in [2.45, 2.75) is 77.7 Å². The highest BCUT2D eigenvalue weighted by atomic mass is 32.1. The summed E-state index contributed by atoms with van der Waals surface area (Å²) in [6.07, 6.45) is 0.266. The first kappa shape index (κ1) is 27.2. The molecule has 1 aromatic heterocycles. The van der Waals surface area contributed by atoms with Gasteiger partial charge in [-0.1, -0.05) is 45.4 Å². The van der Waals surface area contributed by atoms with Gasteiger partial charge >= 0.3 is 12.1 Å². The van der Waals surface area contributed by atoms with Crippen molar-refractivity contribution in [2.24, 2.45) is 5.92 Å². The van der Waals surface area contributed by atoms with Crippen LogP contribution in [-0.4, -0.2) is 18.2 Å². The molecule has 0 aliphatic heterocycles. The second kappa shape index (κ2) is 11.3. The Morgan fingerprint density at radius 1 is 1.08 bits per heavy atom. The third kappa shape index (κ3) is 6.38. The molecular weight excluding hydrogens is 497 g/mol. The normalized spacial score (nSPS) is 19.8.